The summed E-state index contributed by atoms with van der Waals surface area (Å²) in [5.74, 6) is 2.20. The minimum atomic E-state index is 0.395. The summed E-state index contributed by atoms with van der Waals surface area (Å²) in [5, 5.41) is 0. The predicted molar refractivity (Wildman–Crippen MR) is 94.8 cm³/mol. The summed E-state index contributed by atoms with van der Waals surface area (Å²) in [6.07, 6.45) is 7.92. The standard InChI is InChI=1S/C19H28N4O/c1-15(2)18-12-21-19(24-18)14-22(3)17-7-11-23(13-17)10-6-16-4-8-20-9-5-16/h4-5,8-9,12,15,17H,6-7,10-11,13-14H2,1-3H3/t17-/m0/s1. The number of nitrogens with zero attached hydrogens (tertiary/aromatic N) is 4. The van der Waals surface area contributed by atoms with Crippen LogP contribution in [0.25, 0.3) is 0 Å². The van der Waals surface area contributed by atoms with Crippen molar-refractivity contribution in [1.29, 1.82) is 0 Å². The molecule has 2 aromatic rings. The first-order valence-corrected chi connectivity index (χ1v) is 8.88. The molecule has 0 spiro atoms. The lowest BCUT2D eigenvalue weighted by atomic mass is 10.2. The van der Waals surface area contributed by atoms with E-state index in [0.29, 0.717) is 12.0 Å². The quantitative estimate of drug-likeness (QED) is 0.782. The highest BCUT2D eigenvalue weighted by atomic mass is 16.4. The van der Waals surface area contributed by atoms with E-state index in [1.807, 2.05) is 18.6 Å². The summed E-state index contributed by atoms with van der Waals surface area (Å²) in [5.41, 5.74) is 1.36. The lowest BCUT2D eigenvalue weighted by molar-refractivity contribution is 0.205. The van der Waals surface area contributed by atoms with E-state index >= 15 is 0 Å². The Kier molecular flexibility index (Phi) is 5.63. The summed E-state index contributed by atoms with van der Waals surface area (Å²) >= 11 is 0. The Morgan fingerprint density at radius 3 is 2.83 bits per heavy atom. The Morgan fingerprint density at radius 1 is 1.33 bits per heavy atom. The van der Waals surface area contributed by atoms with Crippen LogP contribution in [0.5, 0.6) is 0 Å². The molecule has 0 amide bonds. The first-order chi connectivity index (χ1) is 11.6. The fourth-order valence-electron chi connectivity index (χ4n) is 3.22. The van der Waals surface area contributed by atoms with Crippen molar-refractivity contribution in [2.24, 2.45) is 0 Å². The van der Waals surface area contributed by atoms with Gasteiger partial charge in [-0.1, -0.05) is 13.8 Å². The number of hydrogen-bond donors (Lipinski definition) is 0. The van der Waals surface area contributed by atoms with Crippen molar-refractivity contribution in [1.82, 2.24) is 19.8 Å². The van der Waals surface area contributed by atoms with Crippen LogP contribution in [-0.2, 0) is 13.0 Å². The number of likely N-dealkylation sites (tertiary alicyclic amines) is 1. The van der Waals surface area contributed by atoms with Gasteiger partial charge in [-0.25, -0.2) is 4.98 Å². The van der Waals surface area contributed by atoms with Gasteiger partial charge in [-0.05, 0) is 44.1 Å². The van der Waals surface area contributed by atoms with E-state index < -0.39 is 0 Å². The highest BCUT2D eigenvalue weighted by Crippen LogP contribution is 2.19. The van der Waals surface area contributed by atoms with Gasteiger partial charge in [0, 0.05) is 37.4 Å². The average Bonchev–Trinajstić information content (AvgIpc) is 3.23. The molecule has 0 bridgehead atoms. The SMILES string of the molecule is CC(C)c1cnc(CN(C)[C@H]2CCN(CCc3ccncc3)C2)o1. The van der Waals surface area contributed by atoms with Crippen molar-refractivity contribution >= 4 is 0 Å². The van der Waals surface area contributed by atoms with E-state index in [1.54, 1.807) is 0 Å². The number of likely N-dealkylation sites (N-methyl/N-ethyl adjacent to an activating group) is 1. The number of aromatic nitrogens is 2. The third-order valence-electron chi connectivity index (χ3n) is 4.86. The predicted octanol–water partition coefficient (Wildman–Crippen LogP) is 2.94. The molecule has 0 radical (unpaired) electrons. The molecule has 0 N–H and O–H groups in total. The molecule has 5 nitrogen and oxygen atoms in total. The highest BCUT2D eigenvalue weighted by molar-refractivity contribution is 5.10. The molecule has 1 aliphatic rings. The molecule has 5 heteroatoms. The molecule has 24 heavy (non-hydrogen) atoms. The second-order valence-corrected chi connectivity index (χ2v) is 7.07. The van der Waals surface area contributed by atoms with E-state index in [-0.39, 0.29) is 0 Å². The molecule has 0 saturated carbocycles. The summed E-state index contributed by atoms with van der Waals surface area (Å²) in [4.78, 5) is 13.4. The Hall–Kier alpha value is -1.72. The Bertz CT molecular complexity index is 625. The molecule has 1 saturated heterocycles. The normalized spacial score (nSPS) is 18.8. The molecular formula is C19H28N4O. The third-order valence-corrected chi connectivity index (χ3v) is 4.86. The van der Waals surface area contributed by atoms with Crippen LogP contribution in [0.1, 0.15) is 43.4 Å². The first kappa shape index (κ1) is 17.1. The van der Waals surface area contributed by atoms with Gasteiger partial charge in [-0.2, -0.15) is 0 Å². The zero-order chi connectivity index (χ0) is 16.9. The molecule has 3 heterocycles. The first-order valence-electron chi connectivity index (χ1n) is 8.88. The van der Waals surface area contributed by atoms with Crippen molar-refractivity contribution in [3.63, 3.8) is 0 Å². The van der Waals surface area contributed by atoms with Crippen molar-refractivity contribution in [2.75, 3.05) is 26.7 Å². The number of rotatable bonds is 7. The Morgan fingerprint density at radius 2 is 2.12 bits per heavy atom. The van der Waals surface area contributed by atoms with Crippen LogP contribution in [0.4, 0.5) is 0 Å². The fraction of sp³-hybridized carbons (Fsp3) is 0.579. The maximum atomic E-state index is 5.84. The zero-order valence-electron chi connectivity index (χ0n) is 15.0. The van der Waals surface area contributed by atoms with Crippen LogP contribution >= 0.6 is 0 Å². The summed E-state index contributed by atoms with van der Waals surface area (Å²) in [6.45, 7) is 8.46. The lowest BCUT2D eigenvalue weighted by Gasteiger charge is -2.23. The van der Waals surface area contributed by atoms with Gasteiger partial charge in [-0.3, -0.25) is 9.88 Å². The number of oxazole rings is 1. The van der Waals surface area contributed by atoms with Gasteiger partial charge in [0.05, 0.1) is 12.7 Å². The van der Waals surface area contributed by atoms with Crippen LogP contribution in [0.3, 0.4) is 0 Å². The average molecular weight is 328 g/mol. The van der Waals surface area contributed by atoms with Crippen LogP contribution in [0.15, 0.2) is 35.1 Å². The molecule has 2 aromatic heterocycles. The maximum absolute atomic E-state index is 5.84. The van der Waals surface area contributed by atoms with Crippen molar-refractivity contribution in [3.8, 4) is 0 Å². The van der Waals surface area contributed by atoms with Gasteiger partial charge in [0.1, 0.15) is 5.76 Å². The van der Waals surface area contributed by atoms with Crippen LogP contribution < -0.4 is 0 Å². The third kappa shape index (κ3) is 4.42. The largest absolute Gasteiger partial charge is 0.444 e. The number of hydrogen-bond acceptors (Lipinski definition) is 5. The van der Waals surface area contributed by atoms with Gasteiger partial charge >= 0.3 is 0 Å². The molecule has 0 aromatic carbocycles. The zero-order valence-corrected chi connectivity index (χ0v) is 15.0. The molecule has 130 valence electrons. The molecule has 1 fully saturated rings. The molecule has 0 aliphatic carbocycles. The molecule has 1 aliphatic heterocycles. The summed E-state index contributed by atoms with van der Waals surface area (Å²) < 4.78 is 5.84. The summed E-state index contributed by atoms with van der Waals surface area (Å²) in [7, 11) is 2.18. The smallest absolute Gasteiger partial charge is 0.208 e. The fourth-order valence-corrected chi connectivity index (χ4v) is 3.22. The minimum absolute atomic E-state index is 0.395. The maximum Gasteiger partial charge on any atom is 0.208 e. The van der Waals surface area contributed by atoms with Gasteiger partial charge in [-0.15, -0.1) is 0 Å². The minimum Gasteiger partial charge on any atom is -0.444 e. The van der Waals surface area contributed by atoms with Gasteiger partial charge < -0.3 is 9.32 Å². The topological polar surface area (TPSA) is 45.4 Å². The highest BCUT2D eigenvalue weighted by Gasteiger charge is 2.26. The molecular weight excluding hydrogens is 300 g/mol. The molecule has 3 rings (SSSR count). The van der Waals surface area contributed by atoms with Gasteiger partial charge in [0.2, 0.25) is 5.89 Å². The van der Waals surface area contributed by atoms with E-state index in [4.69, 9.17) is 4.42 Å². The molecule has 0 unspecified atom stereocenters. The van der Waals surface area contributed by atoms with Crippen LogP contribution in [-0.4, -0.2) is 52.5 Å². The molecule has 1 atom stereocenters. The van der Waals surface area contributed by atoms with E-state index in [0.717, 1.165) is 37.7 Å². The Labute approximate surface area is 144 Å². The van der Waals surface area contributed by atoms with Gasteiger partial charge in [0.15, 0.2) is 0 Å². The van der Waals surface area contributed by atoms with Crippen molar-refractivity contribution < 1.29 is 4.42 Å². The van der Waals surface area contributed by atoms with E-state index in [9.17, 15) is 0 Å². The second kappa shape index (κ2) is 7.90. The number of pyridine rings is 1. The van der Waals surface area contributed by atoms with Crippen molar-refractivity contribution in [2.45, 2.75) is 45.2 Å². The lowest BCUT2D eigenvalue weighted by Crippen LogP contribution is -2.34. The van der Waals surface area contributed by atoms with E-state index in [1.165, 1.54) is 18.5 Å². The van der Waals surface area contributed by atoms with Crippen LogP contribution in [0, 0.1) is 0 Å². The summed E-state index contributed by atoms with van der Waals surface area (Å²) in [6, 6.07) is 4.79. The van der Waals surface area contributed by atoms with Crippen LogP contribution in [0.2, 0.25) is 0 Å². The van der Waals surface area contributed by atoms with Gasteiger partial charge in [0.25, 0.3) is 0 Å². The van der Waals surface area contributed by atoms with E-state index in [2.05, 4.69) is 52.8 Å². The second-order valence-electron chi connectivity index (χ2n) is 7.07. The van der Waals surface area contributed by atoms with Crippen molar-refractivity contribution in [3.05, 3.63) is 47.9 Å². The monoisotopic (exact) mass is 328 g/mol. The Balaban J connectivity index is 1.45.